The zero-order valence-electron chi connectivity index (χ0n) is 18.9. The highest BCUT2D eigenvalue weighted by Gasteiger charge is 2.47. The van der Waals surface area contributed by atoms with Crippen LogP contribution >= 0.6 is 0 Å². The SMILES string of the molecule is [2H]c1cc(-c2ccc3nnn(CC(F)(F)F)c3c2)c2c(OC)nc(=NC3CN(C)CC3(F)F)[nH]n12. The number of H-pyrrole nitrogens is 1. The molecule has 0 saturated carbocycles. The van der Waals surface area contributed by atoms with Crippen LogP contribution in [0.1, 0.15) is 1.37 Å². The molecule has 34 heavy (non-hydrogen) atoms. The highest BCUT2D eigenvalue weighted by atomic mass is 19.4. The molecule has 4 heterocycles. The quantitative estimate of drug-likeness (QED) is 0.451. The van der Waals surface area contributed by atoms with Gasteiger partial charge >= 0.3 is 6.18 Å². The minimum absolute atomic E-state index is 0.00712. The molecular formula is C20H19F5N8O. The predicted molar refractivity (Wildman–Crippen MR) is 110 cm³/mol. The van der Waals surface area contributed by atoms with Crippen molar-refractivity contribution in [2.75, 3.05) is 27.2 Å². The highest BCUT2D eigenvalue weighted by molar-refractivity contribution is 5.89. The van der Waals surface area contributed by atoms with Gasteiger partial charge in [-0.25, -0.2) is 18.5 Å². The number of hydrogen-bond acceptors (Lipinski definition) is 6. The first-order valence-electron chi connectivity index (χ1n) is 10.6. The monoisotopic (exact) mass is 483 g/mol. The number of nitrogens with one attached hydrogen (secondary N) is 1. The van der Waals surface area contributed by atoms with E-state index in [0.29, 0.717) is 16.6 Å². The number of likely N-dealkylation sites (N-methyl/N-ethyl adjacent to an activating group) is 1. The number of benzene rings is 1. The summed E-state index contributed by atoms with van der Waals surface area (Å²) in [4.78, 5) is 9.73. The van der Waals surface area contributed by atoms with Gasteiger partial charge in [0.05, 0.1) is 20.5 Å². The molecule has 180 valence electrons. The molecule has 1 N–H and O–H groups in total. The topological polar surface area (TPSA) is 88.6 Å². The van der Waals surface area contributed by atoms with Gasteiger partial charge in [0.15, 0.2) is 0 Å². The Hall–Kier alpha value is -3.55. The van der Waals surface area contributed by atoms with Crippen molar-refractivity contribution in [2.45, 2.75) is 24.7 Å². The van der Waals surface area contributed by atoms with Crippen molar-refractivity contribution in [3.05, 3.63) is 36.1 Å². The Kier molecular flexibility index (Phi) is 4.79. The largest absolute Gasteiger partial charge is 0.479 e. The third-order valence-corrected chi connectivity index (χ3v) is 5.52. The maximum absolute atomic E-state index is 14.2. The normalized spacial score (nSPS) is 19.9. The van der Waals surface area contributed by atoms with E-state index < -0.39 is 31.2 Å². The Morgan fingerprint density at radius 2 is 2.12 bits per heavy atom. The molecule has 0 aliphatic carbocycles. The molecule has 1 aliphatic heterocycles. The summed E-state index contributed by atoms with van der Waals surface area (Å²) < 4.78 is 83.0. The minimum atomic E-state index is -4.49. The summed E-state index contributed by atoms with van der Waals surface area (Å²) in [5.41, 5.74) is 1.46. The maximum atomic E-state index is 14.2. The van der Waals surface area contributed by atoms with Crippen LogP contribution in [0.3, 0.4) is 0 Å². The van der Waals surface area contributed by atoms with Crippen molar-refractivity contribution in [1.29, 1.82) is 0 Å². The summed E-state index contributed by atoms with van der Waals surface area (Å²) in [5.74, 6) is -3.03. The molecule has 1 aromatic carbocycles. The number of ether oxygens (including phenoxy) is 1. The van der Waals surface area contributed by atoms with E-state index in [1.54, 1.807) is 13.1 Å². The molecule has 1 atom stereocenters. The first-order valence-corrected chi connectivity index (χ1v) is 10.1. The summed E-state index contributed by atoms with van der Waals surface area (Å²) in [6.07, 6.45) is -4.55. The van der Waals surface area contributed by atoms with Gasteiger partial charge in [-0.3, -0.25) is 14.5 Å². The number of likely N-dealkylation sites (tertiary alicyclic amines) is 1. The lowest BCUT2D eigenvalue weighted by Crippen LogP contribution is -2.33. The number of hydrogen-bond donors (Lipinski definition) is 1. The van der Waals surface area contributed by atoms with Crippen LogP contribution in [0.4, 0.5) is 22.0 Å². The van der Waals surface area contributed by atoms with Gasteiger partial charge in [-0.05, 0) is 30.8 Å². The fourth-order valence-electron chi connectivity index (χ4n) is 4.04. The summed E-state index contributed by atoms with van der Waals surface area (Å²) in [7, 11) is 2.90. The molecule has 3 aromatic heterocycles. The van der Waals surface area contributed by atoms with Crippen LogP contribution in [0, 0.1) is 0 Å². The fraction of sp³-hybridized carbons (Fsp3) is 0.400. The second kappa shape index (κ2) is 7.75. The minimum Gasteiger partial charge on any atom is -0.479 e. The molecule has 5 rings (SSSR count). The fourth-order valence-corrected chi connectivity index (χ4v) is 4.04. The molecule has 1 unspecified atom stereocenters. The Labute approximate surface area is 189 Å². The van der Waals surface area contributed by atoms with Crippen LogP contribution in [0.2, 0.25) is 0 Å². The molecule has 0 bridgehead atoms. The van der Waals surface area contributed by atoms with Gasteiger partial charge < -0.3 is 4.74 Å². The average Bonchev–Trinajstić information content (AvgIpc) is 3.39. The standard InChI is InChI=1S/C20H19F5N8O/c1-31-8-15(19(21,22)9-31)26-18-27-17(34-2)16-12(5-6-32(16)29-18)11-3-4-13-14(7-11)33(30-28-13)10-20(23,24)25/h3-7,15H,8-10H2,1-2H3,(H,26,29)/i6D. The van der Waals surface area contributed by atoms with E-state index in [2.05, 4.69) is 25.4 Å². The van der Waals surface area contributed by atoms with Crippen LogP contribution in [-0.4, -0.2) is 79.9 Å². The number of aromatic amines is 1. The van der Waals surface area contributed by atoms with Crippen LogP contribution in [-0.2, 0) is 6.54 Å². The number of halogens is 5. The molecular weight excluding hydrogens is 463 g/mol. The predicted octanol–water partition coefficient (Wildman–Crippen LogP) is 2.50. The molecule has 0 spiro atoms. The summed E-state index contributed by atoms with van der Waals surface area (Å²) in [6.45, 7) is -1.70. The number of aromatic nitrogens is 6. The van der Waals surface area contributed by atoms with Gasteiger partial charge in [-0.2, -0.15) is 18.2 Å². The molecule has 0 amide bonds. The van der Waals surface area contributed by atoms with Crippen molar-refractivity contribution < 1.29 is 28.1 Å². The van der Waals surface area contributed by atoms with Gasteiger partial charge in [0.25, 0.3) is 5.92 Å². The van der Waals surface area contributed by atoms with Crippen LogP contribution in [0.5, 0.6) is 5.88 Å². The van der Waals surface area contributed by atoms with Crippen molar-refractivity contribution in [1.82, 2.24) is 34.5 Å². The number of alkyl halides is 5. The smallest absolute Gasteiger partial charge is 0.408 e. The molecule has 1 fully saturated rings. The van der Waals surface area contributed by atoms with E-state index in [-0.39, 0.29) is 35.2 Å². The lowest BCUT2D eigenvalue weighted by Gasteiger charge is -2.13. The molecule has 1 aliphatic rings. The van der Waals surface area contributed by atoms with Crippen molar-refractivity contribution >= 4 is 16.6 Å². The highest BCUT2D eigenvalue weighted by Crippen LogP contribution is 2.32. The van der Waals surface area contributed by atoms with Gasteiger partial charge in [-0.15, -0.1) is 5.10 Å². The number of rotatable bonds is 4. The average molecular weight is 483 g/mol. The third-order valence-electron chi connectivity index (χ3n) is 5.52. The maximum Gasteiger partial charge on any atom is 0.408 e. The lowest BCUT2D eigenvalue weighted by molar-refractivity contribution is -0.142. The van der Waals surface area contributed by atoms with Crippen molar-refractivity contribution in [3.8, 4) is 17.0 Å². The zero-order chi connectivity index (χ0) is 25.1. The Bertz CT molecular complexity index is 1490. The van der Waals surface area contributed by atoms with E-state index >= 15 is 0 Å². The Balaban J connectivity index is 1.64. The van der Waals surface area contributed by atoms with Gasteiger partial charge in [0.2, 0.25) is 11.5 Å². The molecule has 0 radical (unpaired) electrons. The number of fused-ring (bicyclic) bond motifs is 2. The lowest BCUT2D eigenvalue weighted by atomic mass is 10.1. The summed E-state index contributed by atoms with van der Waals surface area (Å²) in [5, 5.41) is 10.1. The van der Waals surface area contributed by atoms with Gasteiger partial charge in [-0.1, -0.05) is 11.3 Å². The van der Waals surface area contributed by atoms with Crippen LogP contribution in [0.15, 0.2) is 35.4 Å². The van der Waals surface area contributed by atoms with E-state index in [1.807, 2.05) is 0 Å². The summed E-state index contributed by atoms with van der Waals surface area (Å²) >= 11 is 0. The molecule has 14 heteroatoms. The number of nitrogens with zero attached hydrogens (tertiary/aromatic N) is 7. The van der Waals surface area contributed by atoms with E-state index in [4.69, 9.17) is 6.11 Å². The van der Waals surface area contributed by atoms with E-state index in [0.717, 1.165) is 4.68 Å². The van der Waals surface area contributed by atoms with Crippen molar-refractivity contribution in [2.24, 2.45) is 4.99 Å². The Morgan fingerprint density at radius 1 is 1.32 bits per heavy atom. The van der Waals surface area contributed by atoms with Crippen LogP contribution in [0.25, 0.3) is 27.7 Å². The first kappa shape index (κ1) is 21.0. The van der Waals surface area contributed by atoms with Crippen molar-refractivity contribution in [3.63, 3.8) is 0 Å². The zero-order valence-corrected chi connectivity index (χ0v) is 17.9. The molecule has 1 saturated heterocycles. The Morgan fingerprint density at radius 3 is 2.79 bits per heavy atom. The summed E-state index contributed by atoms with van der Waals surface area (Å²) in [6, 6.07) is 4.74. The van der Waals surface area contributed by atoms with Crippen LogP contribution < -0.4 is 10.4 Å². The molecule has 9 nitrogen and oxygen atoms in total. The van der Waals surface area contributed by atoms with E-state index in [1.165, 1.54) is 34.7 Å². The van der Waals surface area contributed by atoms with E-state index in [9.17, 15) is 22.0 Å². The number of methoxy groups -OCH3 is 1. The van der Waals surface area contributed by atoms with Gasteiger partial charge in [0.1, 0.15) is 23.6 Å². The third kappa shape index (κ3) is 3.97. The van der Waals surface area contributed by atoms with Gasteiger partial charge in [0, 0.05) is 18.3 Å². The first-order chi connectivity index (χ1) is 16.4. The second-order valence-corrected chi connectivity index (χ2v) is 8.10. The molecule has 4 aromatic rings. The second-order valence-electron chi connectivity index (χ2n) is 8.10.